The molecule has 1 fully saturated rings. The number of amides is 1. The number of hydrogen-bond acceptors (Lipinski definition) is 7. The van der Waals surface area contributed by atoms with Gasteiger partial charge >= 0.3 is 0 Å². The number of sulfonamides is 1. The lowest BCUT2D eigenvalue weighted by molar-refractivity contribution is 0.0963. The topological polar surface area (TPSA) is 115 Å². The molecule has 14 heteroatoms. The Balaban J connectivity index is 1.51. The number of carbonyl (C=O) groups is 1. The Morgan fingerprint density at radius 1 is 1.00 bits per heavy atom. The highest BCUT2D eigenvalue weighted by Gasteiger charge is 2.58. The van der Waals surface area contributed by atoms with Crippen molar-refractivity contribution in [1.82, 2.24) is 10.3 Å². The first-order chi connectivity index (χ1) is 23.3. The highest BCUT2D eigenvalue weighted by Crippen LogP contribution is 2.51. The Hall–Kier alpha value is -5.37. The van der Waals surface area contributed by atoms with Crippen molar-refractivity contribution in [2.45, 2.75) is 12.3 Å². The first kappa shape index (κ1) is 32.2. The minimum absolute atomic E-state index is 0.000268. The van der Waals surface area contributed by atoms with Gasteiger partial charge in [0.05, 0.1) is 30.2 Å². The van der Waals surface area contributed by atoms with Crippen LogP contribution in [0.2, 0.25) is 0 Å². The molecule has 252 valence electrons. The SMILES string of the molecule is CNC(=O)c1c(-c2ccc(F)cc2)oc2cc(N(CC3CC3(F)F)S(C)(=O)=O)c(-c3ccc(OC)c(-c4nc5c(F)cccc5o4)c3)cc12. The lowest BCUT2D eigenvalue weighted by Gasteiger charge is -2.25. The molecule has 1 aliphatic carbocycles. The number of alkyl halides is 2. The van der Waals surface area contributed by atoms with Crippen molar-refractivity contribution < 1.29 is 44.3 Å². The molecule has 1 N–H and O–H groups in total. The minimum Gasteiger partial charge on any atom is -0.496 e. The second-order valence-corrected chi connectivity index (χ2v) is 13.6. The van der Waals surface area contributed by atoms with E-state index in [1.165, 1.54) is 62.7 Å². The summed E-state index contributed by atoms with van der Waals surface area (Å²) in [6.45, 7) is -0.522. The molecule has 49 heavy (non-hydrogen) atoms. The van der Waals surface area contributed by atoms with E-state index in [4.69, 9.17) is 13.6 Å². The summed E-state index contributed by atoms with van der Waals surface area (Å²) >= 11 is 0. The zero-order chi connectivity index (χ0) is 34.8. The number of anilines is 1. The van der Waals surface area contributed by atoms with Crippen LogP contribution < -0.4 is 14.4 Å². The number of halogens is 4. The van der Waals surface area contributed by atoms with Gasteiger partial charge in [-0.3, -0.25) is 9.10 Å². The van der Waals surface area contributed by atoms with Gasteiger partial charge in [-0.1, -0.05) is 12.1 Å². The normalized spacial score (nSPS) is 15.4. The summed E-state index contributed by atoms with van der Waals surface area (Å²) in [5.74, 6) is -5.52. The zero-order valence-electron chi connectivity index (χ0n) is 26.2. The van der Waals surface area contributed by atoms with Gasteiger partial charge in [-0.25, -0.2) is 31.0 Å². The number of methoxy groups -OCH3 is 1. The number of carbonyl (C=O) groups excluding carboxylic acids is 1. The van der Waals surface area contributed by atoms with Gasteiger partial charge in [-0.2, -0.15) is 0 Å². The van der Waals surface area contributed by atoms with Crippen molar-refractivity contribution in [2.24, 2.45) is 5.92 Å². The second kappa shape index (κ2) is 11.7. The quantitative estimate of drug-likeness (QED) is 0.155. The van der Waals surface area contributed by atoms with Crippen molar-refractivity contribution >= 4 is 43.7 Å². The molecule has 9 nitrogen and oxygen atoms in total. The van der Waals surface area contributed by atoms with Crippen LogP contribution in [0.5, 0.6) is 5.75 Å². The first-order valence-electron chi connectivity index (χ1n) is 15.0. The minimum atomic E-state index is -4.16. The smallest absolute Gasteiger partial charge is 0.255 e. The number of nitrogens with one attached hydrogen (secondary N) is 1. The number of furan rings is 1. The third-order valence-electron chi connectivity index (χ3n) is 8.49. The highest BCUT2D eigenvalue weighted by molar-refractivity contribution is 7.92. The summed E-state index contributed by atoms with van der Waals surface area (Å²) in [6, 6.07) is 17.2. The maximum atomic E-state index is 14.6. The van der Waals surface area contributed by atoms with Crippen molar-refractivity contribution in [3.63, 3.8) is 0 Å². The number of oxazole rings is 1. The zero-order valence-corrected chi connectivity index (χ0v) is 27.0. The summed E-state index contributed by atoms with van der Waals surface area (Å²) in [5, 5.41) is 2.85. The maximum Gasteiger partial charge on any atom is 0.255 e. The van der Waals surface area contributed by atoms with Crippen molar-refractivity contribution in [2.75, 3.05) is 31.3 Å². The number of fused-ring (bicyclic) bond motifs is 2. The van der Waals surface area contributed by atoms with Gasteiger partial charge in [0.25, 0.3) is 11.8 Å². The first-order valence-corrected chi connectivity index (χ1v) is 16.8. The summed E-state index contributed by atoms with van der Waals surface area (Å²) < 4.78 is 102. The molecule has 4 aromatic carbocycles. The van der Waals surface area contributed by atoms with E-state index >= 15 is 0 Å². The van der Waals surface area contributed by atoms with Gasteiger partial charge in [-0.05, 0) is 60.2 Å². The fourth-order valence-corrected chi connectivity index (χ4v) is 6.84. The maximum absolute atomic E-state index is 14.6. The van der Waals surface area contributed by atoms with Crippen LogP contribution >= 0.6 is 0 Å². The van der Waals surface area contributed by atoms with E-state index in [9.17, 15) is 30.8 Å². The number of ether oxygens (including phenoxy) is 1. The summed E-state index contributed by atoms with van der Waals surface area (Å²) in [4.78, 5) is 17.7. The molecule has 1 atom stereocenters. The lowest BCUT2D eigenvalue weighted by atomic mass is 9.96. The fourth-order valence-electron chi connectivity index (χ4n) is 5.88. The molecule has 1 aliphatic rings. The Morgan fingerprint density at radius 2 is 1.71 bits per heavy atom. The molecule has 0 spiro atoms. The van der Waals surface area contributed by atoms with Crippen molar-refractivity contribution in [1.29, 1.82) is 0 Å². The molecular formula is C35H27F4N3O6S. The molecule has 2 heterocycles. The van der Waals surface area contributed by atoms with E-state index in [0.29, 0.717) is 16.9 Å². The van der Waals surface area contributed by atoms with Crippen LogP contribution in [0.25, 0.3) is 56.0 Å². The molecule has 1 unspecified atom stereocenters. The van der Waals surface area contributed by atoms with Gasteiger partial charge in [-0.15, -0.1) is 0 Å². The van der Waals surface area contributed by atoms with E-state index in [2.05, 4.69) is 10.3 Å². The Labute approximate surface area is 277 Å². The van der Waals surface area contributed by atoms with E-state index in [-0.39, 0.29) is 56.1 Å². The third kappa shape index (κ3) is 5.75. The largest absolute Gasteiger partial charge is 0.496 e. The predicted molar refractivity (Wildman–Crippen MR) is 175 cm³/mol. The van der Waals surface area contributed by atoms with Crippen LogP contribution in [0.1, 0.15) is 16.8 Å². The van der Waals surface area contributed by atoms with Gasteiger partial charge in [0.1, 0.15) is 28.4 Å². The van der Waals surface area contributed by atoms with E-state index < -0.39 is 52.4 Å². The molecule has 0 saturated heterocycles. The molecule has 0 bridgehead atoms. The molecule has 0 aliphatic heterocycles. The van der Waals surface area contributed by atoms with Crippen LogP contribution in [-0.2, 0) is 10.0 Å². The summed E-state index contributed by atoms with van der Waals surface area (Å²) in [7, 11) is -1.32. The van der Waals surface area contributed by atoms with Gasteiger partial charge in [0.15, 0.2) is 11.4 Å². The monoisotopic (exact) mass is 693 g/mol. The van der Waals surface area contributed by atoms with Crippen LogP contribution in [0.15, 0.2) is 81.6 Å². The molecule has 6 aromatic rings. The average Bonchev–Trinajstić information content (AvgIpc) is 3.37. The summed E-state index contributed by atoms with van der Waals surface area (Å²) in [5.41, 5.74) is 1.57. The van der Waals surface area contributed by atoms with Crippen molar-refractivity contribution in [3.05, 3.63) is 90.0 Å². The van der Waals surface area contributed by atoms with Crippen LogP contribution in [0.4, 0.5) is 23.2 Å². The number of hydrogen-bond donors (Lipinski definition) is 1. The average molecular weight is 694 g/mol. The standard InChI is InChI=1S/C35H27F4N3O6S/c1-40-33(43)30-23-14-22(19-9-12-27(46-2)24(13-19)34-41-31-25(37)5-4-6-28(31)48-34)26(42(49(3,44)45)17-20-16-35(20,38)39)15-29(23)47-32(30)18-7-10-21(36)11-8-18/h4-15,20H,16-17H2,1-3H3,(H,40,43). The van der Waals surface area contributed by atoms with Crippen LogP contribution in [0, 0.1) is 17.6 Å². The van der Waals surface area contributed by atoms with E-state index in [1.54, 1.807) is 24.3 Å². The Kier molecular flexibility index (Phi) is 7.65. The van der Waals surface area contributed by atoms with Gasteiger partial charge in [0, 0.05) is 48.5 Å². The second-order valence-electron chi connectivity index (χ2n) is 11.7. The molecule has 7 rings (SSSR count). The fraction of sp³-hybridized carbons (Fsp3) is 0.200. The Morgan fingerprint density at radius 3 is 2.35 bits per heavy atom. The number of nitrogens with zero attached hydrogens (tertiary/aromatic N) is 2. The highest BCUT2D eigenvalue weighted by atomic mass is 32.2. The molecule has 1 amide bonds. The third-order valence-corrected chi connectivity index (χ3v) is 9.63. The number of rotatable bonds is 9. The molecule has 0 radical (unpaired) electrons. The number of para-hydroxylation sites is 1. The van der Waals surface area contributed by atoms with Crippen molar-refractivity contribution in [3.8, 4) is 39.7 Å². The number of aromatic nitrogens is 1. The predicted octanol–water partition coefficient (Wildman–Crippen LogP) is 7.64. The molecule has 2 aromatic heterocycles. The summed E-state index contributed by atoms with van der Waals surface area (Å²) in [6.07, 6.45) is 0.434. The van der Waals surface area contributed by atoms with Crippen LogP contribution in [0.3, 0.4) is 0 Å². The molecular weight excluding hydrogens is 666 g/mol. The Bertz CT molecular complexity index is 2390. The number of benzene rings is 4. The van der Waals surface area contributed by atoms with E-state index in [0.717, 1.165) is 10.6 Å². The van der Waals surface area contributed by atoms with Gasteiger partial charge < -0.3 is 18.9 Å². The van der Waals surface area contributed by atoms with Gasteiger partial charge in [0.2, 0.25) is 15.9 Å². The van der Waals surface area contributed by atoms with E-state index in [1.807, 2.05) is 0 Å². The lowest BCUT2D eigenvalue weighted by Crippen LogP contribution is -2.33. The van der Waals surface area contributed by atoms with Crippen LogP contribution in [-0.4, -0.2) is 52.2 Å². The molecule has 1 saturated carbocycles.